The van der Waals surface area contributed by atoms with Gasteiger partial charge in [0.1, 0.15) is 0 Å². The number of hydrogen-bond donors (Lipinski definition) is 1. The van der Waals surface area contributed by atoms with Crippen molar-refractivity contribution in [1.29, 1.82) is 0 Å². The molecule has 2 atom stereocenters. The number of carbonyl (C=O) groups excluding carboxylic acids is 1. The van der Waals surface area contributed by atoms with Crippen LogP contribution in [0.25, 0.3) is 0 Å². The number of hydrogen-bond acceptors (Lipinski definition) is 3. The van der Waals surface area contributed by atoms with Crippen LogP contribution in [0.2, 0.25) is 0 Å². The summed E-state index contributed by atoms with van der Waals surface area (Å²) in [4.78, 5) is 17.4. The molecule has 0 aromatic heterocycles. The van der Waals surface area contributed by atoms with E-state index in [-0.39, 0.29) is 11.9 Å². The van der Waals surface area contributed by atoms with Gasteiger partial charge in [-0.05, 0) is 44.3 Å². The molecule has 2 fully saturated rings. The van der Waals surface area contributed by atoms with Crippen molar-refractivity contribution in [3.05, 3.63) is 35.9 Å². The lowest BCUT2D eigenvalue weighted by atomic mass is 9.99. The molecular formula is C22H31N3O. The minimum absolute atomic E-state index is 0.0500. The highest BCUT2D eigenvalue weighted by Gasteiger charge is 2.29. The van der Waals surface area contributed by atoms with Crippen LogP contribution in [0, 0.1) is 12.3 Å². The van der Waals surface area contributed by atoms with Gasteiger partial charge >= 0.3 is 0 Å². The van der Waals surface area contributed by atoms with E-state index in [0.717, 1.165) is 51.9 Å². The summed E-state index contributed by atoms with van der Waals surface area (Å²) in [5.74, 6) is 2.86. The van der Waals surface area contributed by atoms with Gasteiger partial charge in [-0.25, -0.2) is 0 Å². The van der Waals surface area contributed by atoms with Gasteiger partial charge < -0.3 is 5.32 Å². The molecular weight excluding hydrogens is 322 g/mol. The molecule has 0 aliphatic carbocycles. The van der Waals surface area contributed by atoms with Crippen LogP contribution in [0.15, 0.2) is 30.3 Å². The lowest BCUT2D eigenvalue weighted by molar-refractivity contribution is -0.127. The first-order chi connectivity index (χ1) is 12.8. The van der Waals surface area contributed by atoms with Gasteiger partial charge in [0, 0.05) is 19.1 Å². The van der Waals surface area contributed by atoms with Gasteiger partial charge in [-0.15, -0.1) is 6.42 Å². The highest BCUT2D eigenvalue weighted by molar-refractivity contribution is 5.81. The molecule has 2 aliphatic rings. The Labute approximate surface area is 157 Å². The number of nitrogens with zero attached hydrogens (tertiary/aromatic N) is 2. The van der Waals surface area contributed by atoms with Gasteiger partial charge in [-0.1, -0.05) is 49.1 Å². The first kappa shape index (κ1) is 18.9. The third-order valence-electron chi connectivity index (χ3n) is 5.70. The van der Waals surface area contributed by atoms with E-state index in [1.165, 1.54) is 18.4 Å². The molecule has 140 valence electrons. The number of likely N-dealkylation sites (tertiary alicyclic amines) is 2. The van der Waals surface area contributed by atoms with Crippen LogP contribution >= 0.6 is 0 Å². The quantitative estimate of drug-likeness (QED) is 0.799. The van der Waals surface area contributed by atoms with Gasteiger partial charge in [-0.3, -0.25) is 14.6 Å². The minimum atomic E-state index is -0.0500. The molecule has 2 aliphatic heterocycles. The summed E-state index contributed by atoms with van der Waals surface area (Å²) >= 11 is 0. The molecule has 1 aromatic carbocycles. The molecule has 1 N–H and O–H groups in total. The van der Waals surface area contributed by atoms with Crippen LogP contribution in [0.5, 0.6) is 0 Å². The number of amides is 1. The molecule has 2 saturated heterocycles. The van der Waals surface area contributed by atoms with Crippen molar-refractivity contribution in [1.82, 2.24) is 15.1 Å². The molecule has 4 nitrogen and oxygen atoms in total. The minimum Gasteiger partial charge on any atom is -0.353 e. The number of piperidine rings is 2. The highest BCUT2D eigenvalue weighted by atomic mass is 16.2. The topological polar surface area (TPSA) is 35.6 Å². The van der Waals surface area contributed by atoms with E-state index in [4.69, 9.17) is 6.42 Å². The predicted molar refractivity (Wildman–Crippen MR) is 106 cm³/mol. The molecule has 3 rings (SSSR count). The van der Waals surface area contributed by atoms with Crippen LogP contribution in [-0.2, 0) is 11.3 Å². The van der Waals surface area contributed by atoms with Crippen LogP contribution in [0.1, 0.15) is 44.1 Å². The average molecular weight is 354 g/mol. The number of terminal acetylenes is 1. The second-order valence-corrected chi connectivity index (χ2v) is 7.54. The summed E-state index contributed by atoms with van der Waals surface area (Å²) in [6, 6.07) is 11.0. The second kappa shape index (κ2) is 9.75. The third-order valence-corrected chi connectivity index (χ3v) is 5.70. The summed E-state index contributed by atoms with van der Waals surface area (Å²) in [5.41, 5.74) is 1.35. The van der Waals surface area contributed by atoms with Crippen molar-refractivity contribution in [2.45, 2.75) is 57.2 Å². The van der Waals surface area contributed by atoms with Gasteiger partial charge in [0.25, 0.3) is 0 Å². The fourth-order valence-corrected chi connectivity index (χ4v) is 4.25. The first-order valence-corrected chi connectivity index (χ1v) is 10.0. The van der Waals surface area contributed by atoms with Crippen LogP contribution in [0.4, 0.5) is 0 Å². The molecule has 1 amide bonds. The normalized spacial score (nSPS) is 24.7. The molecule has 1 aromatic rings. The summed E-state index contributed by atoms with van der Waals surface area (Å²) in [5, 5.41) is 3.24. The molecule has 2 heterocycles. The Morgan fingerprint density at radius 3 is 2.58 bits per heavy atom. The zero-order chi connectivity index (χ0) is 18.2. The fraction of sp³-hybridized carbons (Fsp3) is 0.591. The highest BCUT2D eigenvalue weighted by Crippen LogP contribution is 2.20. The maximum atomic E-state index is 12.8. The number of rotatable bonds is 6. The van der Waals surface area contributed by atoms with E-state index >= 15 is 0 Å². The Kier molecular flexibility index (Phi) is 7.11. The summed E-state index contributed by atoms with van der Waals surface area (Å²) in [6.45, 7) is 4.33. The third kappa shape index (κ3) is 5.09. The van der Waals surface area contributed by atoms with Gasteiger partial charge in [0.2, 0.25) is 5.91 Å². The van der Waals surface area contributed by atoms with E-state index in [2.05, 4.69) is 51.4 Å². The van der Waals surface area contributed by atoms with E-state index in [1.54, 1.807) is 0 Å². The van der Waals surface area contributed by atoms with Crippen molar-refractivity contribution in [3.63, 3.8) is 0 Å². The summed E-state index contributed by atoms with van der Waals surface area (Å²) in [6.07, 6.45) is 12.3. The summed E-state index contributed by atoms with van der Waals surface area (Å²) in [7, 11) is 0. The van der Waals surface area contributed by atoms with Crippen molar-refractivity contribution in [2.24, 2.45) is 0 Å². The zero-order valence-corrected chi connectivity index (χ0v) is 15.7. The molecule has 2 unspecified atom stereocenters. The van der Waals surface area contributed by atoms with Gasteiger partial charge in [-0.2, -0.15) is 0 Å². The number of nitrogens with one attached hydrogen (secondary N) is 1. The second-order valence-electron chi connectivity index (χ2n) is 7.54. The smallest absolute Gasteiger partial charge is 0.237 e. The maximum Gasteiger partial charge on any atom is 0.237 e. The van der Waals surface area contributed by atoms with Crippen LogP contribution in [-0.4, -0.2) is 54.0 Å². The lowest BCUT2D eigenvalue weighted by Crippen LogP contribution is -2.53. The SMILES string of the molecule is C#CCN1CCCCC1C(=O)NCC1CCCCN1Cc1ccccc1. The molecule has 0 radical (unpaired) electrons. The summed E-state index contributed by atoms with van der Waals surface area (Å²) < 4.78 is 0. The zero-order valence-electron chi connectivity index (χ0n) is 15.7. The molecule has 0 saturated carbocycles. The molecule has 0 bridgehead atoms. The average Bonchev–Trinajstić information content (AvgIpc) is 2.68. The number of benzene rings is 1. The van der Waals surface area contributed by atoms with E-state index < -0.39 is 0 Å². The predicted octanol–water partition coefficient (Wildman–Crippen LogP) is 2.65. The Bertz CT molecular complexity index is 610. The Morgan fingerprint density at radius 2 is 1.81 bits per heavy atom. The Morgan fingerprint density at radius 1 is 1.08 bits per heavy atom. The first-order valence-electron chi connectivity index (χ1n) is 10.0. The maximum absolute atomic E-state index is 12.8. The Hall–Kier alpha value is -1.83. The van der Waals surface area contributed by atoms with E-state index in [0.29, 0.717) is 12.6 Å². The standard InChI is InChI=1S/C22H31N3O/c1-2-14-24-15-9-7-13-21(24)22(26)23-17-20-12-6-8-16-25(20)18-19-10-4-3-5-11-19/h1,3-5,10-11,20-21H,6-9,12-18H2,(H,23,26). The fourth-order valence-electron chi connectivity index (χ4n) is 4.25. The largest absolute Gasteiger partial charge is 0.353 e. The monoisotopic (exact) mass is 353 g/mol. The lowest BCUT2D eigenvalue weighted by Gasteiger charge is -2.37. The van der Waals surface area contributed by atoms with Crippen LogP contribution < -0.4 is 5.32 Å². The van der Waals surface area contributed by atoms with E-state index in [9.17, 15) is 4.79 Å². The van der Waals surface area contributed by atoms with Crippen LogP contribution in [0.3, 0.4) is 0 Å². The molecule has 26 heavy (non-hydrogen) atoms. The van der Waals surface area contributed by atoms with Crippen molar-refractivity contribution in [3.8, 4) is 12.3 Å². The number of carbonyl (C=O) groups is 1. The van der Waals surface area contributed by atoms with Gasteiger partial charge in [0.15, 0.2) is 0 Å². The van der Waals surface area contributed by atoms with Crippen molar-refractivity contribution < 1.29 is 4.79 Å². The van der Waals surface area contributed by atoms with E-state index in [1.807, 2.05) is 0 Å². The molecule has 0 spiro atoms. The van der Waals surface area contributed by atoms with Gasteiger partial charge in [0.05, 0.1) is 12.6 Å². The van der Waals surface area contributed by atoms with Crippen molar-refractivity contribution in [2.75, 3.05) is 26.2 Å². The molecule has 4 heteroatoms. The van der Waals surface area contributed by atoms with Crippen molar-refractivity contribution >= 4 is 5.91 Å². The Balaban J connectivity index is 1.54.